The van der Waals surface area contributed by atoms with E-state index in [2.05, 4.69) is 10.3 Å². The van der Waals surface area contributed by atoms with E-state index in [4.69, 9.17) is 0 Å². The monoisotopic (exact) mass is 530 g/mol. The molecule has 3 N–H and O–H groups in total. The number of carboxylic acid groups (broad SMARTS) is 1. The number of carbonyl (C=O) groups excluding carboxylic acids is 1. The molecule has 0 bridgehead atoms. The molecular weight excluding hydrogens is 507 g/mol. The van der Waals surface area contributed by atoms with Crippen LogP contribution in [0.4, 0.5) is 10.1 Å². The molecule has 1 aliphatic heterocycles. The molecule has 1 aromatic heterocycles. The summed E-state index contributed by atoms with van der Waals surface area (Å²) in [6.45, 7) is 1.60. The third-order valence-electron chi connectivity index (χ3n) is 6.42. The first kappa shape index (κ1) is 25.2. The van der Waals surface area contributed by atoms with E-state index in [9.17, 15) is 27.5 Å². The molecule has 0 aliphatic carbocycles. The average molecular weight is 531 g/mol. The number of H-pyrrole nitrogens is 1. The minimum atomic E-state index is -3.99. The minimum Gasteiger partial charge on any atom is -0.481 e. The van der Waals surface area contributed by atoms with Gasteiger partial charge in [-0.15, -0.1) is 0 Å². The zero-order valence-corrected chi connectivity index (χ0v) is 21.1. The van der Waals surface area contributed by atoms with Crippen molar-refractivity contribution in [2.45, 2.75) is 29.6 Å². The van der Waals surface area contributed by atoms with Crippen molar-refractivity contribution in [3.8, 4) is 11.1 Å². The number of aliphatic carboxylic acids is 1. The number of amides is 1. The molecule has 7 nitrogen and oxygen atoms in total. The molecule has 0 saturated heterocycles. The predicted octanol–water partition coefficient (Wildman–Crippen LogP) is 5.47. The number of hydrogen-bond acceptors (Lipinski definition) is 4. The lowest BCUT2D eigenvalue weighted by Gasteiger charge is -2.10. The number of aromatic nitrogens is 1. The van der Waals surface area contributed by atoms with Crippen LogP contribution in [0.3, 0.4) is 0 Å². The van der Waals surface area contributed by atoms with E-state index in [1.54, 1.807) is 55.5 Å². The lowest BCUT2D eigenvalue weighted by molar-refractivity contribution is -0.137. The first-order valence-electron chi connectivity index (χ1n) is 11.8. The predicted molar refractivity (Wildman–Crippen MR) is 142 cm³/mol. The number of aryl methyl sites for hydroxylation is 1. The van der Waals surface area contributed by atoms with E-state index in [0.29, 0.717) is 33.8 Å². The van der Waals surface area contributed by atoms with E-state index < -0.39 is 27.5 Å². The third-order valence-corrected chi connectivity index (χ3v) is 8.41. The van der Waals surface area contributed by atoms with Gasteiger partial charge in [0.2, 0.25) is 9.84 Å². The Morgan fingerprint density at radius 1 is 1.03 bits per heavy atom. The Kier molecular flexibility index (Phi) is 6.46. The number of nitrogens with one attached hydrogen (secondary N) is 2. The van der Waals surface area contributed by atoms with Gasteiger partial charge in [-0.2, -0.15) is 0 Å². The van der Waals surface area contributed by atoms with Gasteiger partial charge in [0.15, 0.2) is 0 Å². The fourth-order valence-corrected chi connectivity index (χ4v) is 6.54. The Hall–Kier alpha value is -4.50. The van der Waals surface area contributed by atoms with Gasteiger partial charge in [0.25, 0.3) is 5.91 Å². The number of sulfone groups is 1. The van der Waals surface area contributed by atoms with Crippen molar-refractivity contribution in [1.82, 2.24) is 4.98 Å². The van der Waals surface area contributed by atoms with Crippen molar-refractivity contribution >= 4 is 39.1 Å². The van der Waals surface area contributed by atoms with E-state index in [-0.39, 0.29) is 33.8 Å². The summed E-state index contributed by atoms with van der Waals surface area (Å²) in [7, 11) is -3.99. The van der Waals surface area contributed by atoms with Gasteiger partial charge >= 0.3 is 5.97 Å². The Morgan fingerprint density at radius 2 is 1.76 bits per heavy atom. The Morgan fingerprint density at radius 3 is 2.47 bits per heavy atom. The van der Waals surface area contributed by atoms with Gasteiger partial charge in [-0.1, -0.05) is 42.5 Å². The Labute approximate surface area is 218 Å². The Balaban J connectivity index is 1.71. The van der Waals surface area contributed by atoms with Gasteiger partial charge < -0.3 is 15.4 Å². The normalized spacial score (nSPS) is 13.9. The smallest absolute Gasteiger partial charge is 0.303 e. The summed E-state index contributed by atoms with van der Waals surface area (Å²) < 4.78 is 41.2. The molecule has 0 fully saturated rings. The molecule has 9 heteroatoms. The molecule has 1 aliphatic rings. The summed E-state index contributed by atoms with van der Waals surface area (Å²) in [6, 6.07) is 19.2. The SMILES string of the molecule is Cc1[nH]c(C=C2C(=O)Nc3cccc(-c4cccc(F)c4)c32)c(CCC(=O)O)c1S(=O)(=O)c1ccccc1. The summed E-state index contributed by atoms with van der Waals surface area (Å²) in [5.41, 5.74) is 3.47. The topological polar surface area (TPSA) is 116 Å². The van der Waals surface area contributed by atoms with Gasteiger partial charge in [0, 0.05) is 29.1 Å². The number of carboxylic acids is 1. The van der Waals surface area contributed by atoms with E-state index in [0.717, 1.165) is 0 Å². The van der Waals surface area contributed by atoms with Crippen molar-refractivity contribution < 1.29 is 27.5 Å². The molecular formula is C29H23FN2O5S. The van der Waals surface area contributed by atoms with Crippen LogP contribution >= 0.6 is 0 Å². The molecule has 38 heavy (non-hydrogen) atoms. The molecule has 0 saturated carbocycles. The zero-order valence-electron chi connectivity index (χ0n) is 20.3. The first-order valence-corrected chi connectivity index (χ1v) is 13.3. The van der Waals surface area contributed by atoms with Crippen molar-refractivity contribution in [2.24, 2.45) is 0 Å². The highest BCUT2D eigenvalue weighted by molar-refractivity contribution is 7.91. The Bertz CT molecular complexity index is 1720. The molecule has 0 atom stereocenters. The van der Waals surface area contributed by atoms with Gasteiger partial charge in [-0.3, -0.25) is 9.59 Å². The average Bonchev–Trinajstić information content (AvgIpc) is 3.38. The minimum absolute atomic E-state index is 0.00570. The second kappa shape index (κ2) is 9.75. The van der Waals surface area contributed by atoms with Gasteiger partial charge in [0.1, 0.15) is 5.82 Å². The quantitative estimate of drug-likeness (QED) is 0.274. The molecule has 3 aromatic carbocycles. The van der Waals surface area contributed by atoms with Crippen LogP contribution in [-0.2, 0) is 25.8 Å². The highest BCUT2D eigenvalue weighted by Gasteiger charge is 2.31. The maximum Gasteiger partial charge on any atom is 0.303 e. The number of carbonyl (C=O) groups is 2. The number of anilines is 1. The standard InChI is InChI=1S/C29H23FN2O5S/c1-17-28(38(36,37)20-9-3-2-4-10-20)22(13-14-26(33)34)25(31-17)16-23-27-21(18-7-5-8-19(30)15-18)11-6-12-24(27)32-29(23)35/h2-12,15-16,31H,13-14H2,1H3,(H,32,35)(H,33,34). The van der Waals surface area contributed by atoms with Crippen LogP contribution in [0.1, 0.15) is 28.9 Å². The fraction of sp³-hybridized carbons (Fsp3) is 0.103. The molecule has 192 valence electrons. The first-order chi connectivity index (χ1) is 18.2. The number of rotatable bonds is 7. The maximum atomic E-state index is 14.0. The molecule has 0 unspecified atom stereocenters. The lowest BCUT2D eigenvalue weighted by atomic mass is 9.94. The van der Waals surface area contributed by atoms with Crippen LogP contribution in [-0.4, -0.2) is 30.4 Å². The summed E-state index contributed by atoms with van der Waals surface area (Å²) in [4.78, 5) is 27.7. The van der Waals surface area contributed by atoms with Crippen LogP contribution in [0.15, 0.2) is 82.6 Å². The van der Waals surface area contributed by atoms with E-state index >= 15 is 0 Å². The van der Waals surface area contributed by atoms with Gasteiger partial charge in [0.05, 0.1) is 15.4 Å². The summed E-state index contributed by atoms with van der Waals surface area (Å²) >= 11 is 0. The van der Waals surface area contributed by atoms with Crippen molar-refractivity contribution in [2.75, 3.05) is 5.32 Å². The third kappa shape index (κ3) is 4.52. The van der Waals surface area contributed by atoms with Crippen molar-refractivity contribution in [3.05, 3.63) is 101 Å². The van der Waals surface area contributed by atoms with E-state index in [1.807, 2.05) is 0 Å². The van der Waals surface area contributed by atoms with E-state index in [1.165, 1.54) is 30.3 Å². The summed E-state index contributed by atoms with van der Waals surface area (Å²) in [5, 5.41) is 12.2. The number of hydrogen-bond donors (Lipinski definition) is 3. The molecule has 4 aromatic rings. The van der Waals surface area contributed by atoms with Gasteiger partial charge in [-0.05, 0) is 66.4 Å². The summed E-state index contributed by atoms with van der Waals surface area (Å²) in [5.74, 6) is -1.91. The second-order valence-electron chi connectivity index (χ2n) is 8.93. The van der Waals surface area contributed by atoms with Crippen LogP contribution in [0.2, 0.25) is 0 Å². The molecule has 0 spiro atoms. The highest BCUT2D eigenvalue weighted by Crippen LogP contribution is 2.41. The van der Waals surface area contributed by atoms with Gasteiger partial charge in [-0.25, -0.2) is 12.8 Å². The summed E-state index contributed by atoms with van der Waals surface area (Å²) in [6.07, 6.45) is 1.17. The number of fused-ring (bicyclic) bond motifs is 1. The molecule has 5 rings (SSSR count). The van der Waals surface area contributed by atoms with Crippen molar-refractivity contribution in [1.29, 1.82) is 0 Å². The highest BCUT2D eigenvalue weighted by atomic mass is 32.2. The number of benzene rings is 3. The second-order valence-corrected chi connectivity index (χ2v) is 10.8. The van der Waals surface area contributed by atoms with Crippen LogP contribution in [0.5, 0.6) is 0 Å². The maximum absolute atomic E-state index is 14.0. The van der Waals surface area contributed by atoms with Crippen molar-refractivity contribution in [3.63, 3.8) is 0 Å². The molecule has 0 radical (unpaired) electrons. The number of aromatic amines is 1. The molecule has 2 heterocycles. The zero-order chi connectivity index (χ0) is 27.0. The van der Waals surface area contributed by atoms with Crippen LogP contribution < -0.4 is 5.32 Å². The largest absolute Gasteiger partial charge is 0.481 e. The number of halogens is 1. The van der Waals surface area contributed by atoms with Crippen LogP contribution in [0, 0.1) is 12.7 Å². The molecule has 1 amide bonds. The lowest BCUT2D eigenvalue weighted by Crippen LogP contribution is -2.08. The fourth-order valence-electron chi connectivity index (χ4n) is 4.80. The van der Waals surface area contributed by atoms with Crippen LogP contribution in [0.25, 0.3) is 22.8 Å².